The minimum absolute atomic E-state index is 0.0704. The van der Waals surface area contributed by atoms with Gasteiger partial charge < -0.3 is 9.64 Å². The van der Waals surface area contributed by atoms with Crippen LogP contribution in [0.15, 0.2) is 23.7 Å². The Morgan fingerprint density at radius 3 is 3.21 bits per heavy atom. The van der Waals surface area contributed by atoms with Crippen LogP contribution in [-0.4, -0.2) is 40.8 Å². The maximum Gasteiger partial charge on any atom is 0.264 e. The van der Waals surface area contributed by atoms with Gasteiger partial charge in [0.25, 0.3) is 5.91 Å². The topological polar surface area (TPSA) is 58.2 Å². The third-order valence-corrected chi connectivity index (χ3v) is 4.25. The van der Waals surface area contributed by atoms with E-state index in [2.05, 4.69) is 10.2 Å². The average molecular weight is 277 g/mol. The number of thiophene rings is 1. The third kappa shape index (κ3) is 2.41. The number of carbonyl (C=O) groups is 1. The number of rotatable bonds is 2. The lowest BCUT2D eigenvalue weighted by atomic mass is 10.1. The number of hydrogen-bond acceptors (Lipinski definition) is 4. The highest BCUT2D eigenvalue weighted by molar-refractivity contribution is 7.12. The van der Waals surface area contributed by atoms with Gasteiger partial charge in [-0.25, -0.2) is 0 Å². The fraction of sp³-hybridized carbons (Fsp3) is 0.385. The van der Waals surface area contributed by atoms with E-state index in [0.29, 0.717) is 19.8 Å². The zero-order valence-corrected chi connectivity index (χ0v) is 11.4. The van der Waals surface area contributed by atoms with Gasteiger partial charge in [0.05, 0.1) is 29.8 Å². The lowest BCUT2D eigenvalue weighted by Gasteiger charge is -2.34. The van der Waals surface area contributed by atoms with Crippen LogP contribution < -0.4 is 0 Å². The number of nitrogens with zero attached hydrogens (tertiary/aromatic N) is 2. The van der Waals surface area contributed by atoms with Gasteiger partial charge in [-0.15, -0.1) is 11.3 Å². The van der Waals surface area contributed by atoms with E-state index >= 15 is 0 Å². The number of carbonyl (C=O) groups excluding carboxylic acids is 1. The fourth-order valence-corrected chi connectivity index (χ4v) is 3.09. The van der Waals surface area contributed by atoms with Gasteiger partial charge in [0, 0.05) is 12.7 Å². The monoisotopic (exact) mass is 277 g/mol. The number of aryl methyl sites for hydroxylation is 1. The minimum Gasteiger partial charge on any atom is -0.377 e. The quantitative estimate of drug-likeness (QED) is 0.913. The number of H-pyrrole nitrogens is 1. The van der Waals surface area contributed by atoms with E-state index in [4.69, 9.17) is 4.74 Å². The van der Waals surface area contributed by atoms with Crippen molar-refractivity contribution in [2.45, 2.75) is 13.0 Å². The smallest absolute Gasteiger partial charge is 0.264 e. The van der Waals surface area contributed by atoms with Crippen molar-refractivity contribution in [3.8, 4) is 0 Å². The Labute approximate surface area is 115 Å². The fourth-order valence-electron chi connectivity index (χ4n) is 2.24. The summed E-state index contributed by atoms with van der Waals surface area (Å²) in [6.45, 7) is 3.71. The first-order valence-corrected chi connectivity index (χ1v) is 7.07. The molecular formula is C13H15N3O2S. The van der Waals surface area contributed by atoms with Crippen LogP contribution in [0, 0.1) is 6.92 Å². The number of aromatic amines is 1. The first-order valence-electron chi connectivity index (χ1n) is 6.19. The van der Waals surface area contributed by atoms with Crippen LogP contribution in [0.25, 0.3) is 0 Å². The van der Waals surface area contributed by atoms with Gasteiger partial charge in [0.15, 0.2) is 0 Å². The van der Waals surface area contributed by atoms with Gasteiger partial charge in [-0.05, 0) is 30.0 Å². The van der Waals surface area contributed by atoms with E-state index in [1.54, 1.807) is 6.20 Å². The van der Waals surface area contributed by atoms with Crippen LogP contribution in [0.1, 0.15) is 27.0 Å². The standard InChI is InChI=1S/C13H15N3O2S/c1-9-6-12(19-8-9)13(17)16-4-5-18-7-11(16)10-2-3-14-15-10/h2-3,6,8,11H,4-5,7H2,1H3,(H,14,15). The molecule has 6 heteroatoms. The largest absolute Gasteiger partial charge is 0.377 e. The molecular weight excluding hydrogens is 262 g/mol. The summed E-state index contributed by atoms with van der Waals surface area (Å²) in [5.74, 6) is 0.0704. The van der Waals surface area contributed by atoms with Crippen LogP contribution in [-0.2, 0) is 4.74 Å². The Balaban J connectivity index is 1.86. The molecule has 3 heterocycles. The lowest BCUT2D eigenvalue weighted by molar-refractivity contribution is -0.00364. The molecule has 0 saturated carbocycles. The van der Waals surface area contributed by atoms with Gasteiger partial charge in [0.2, 0.25) is 0 Å². The molecule has 1 saturated heterocycles. The second-order valence-electron chi connectivity index (χ2n) is 4.59. The zero-order chi connectivity index (χ0) is 13.2. The Bertz CT molecular complexity index is 564. The van der Waals surface area contributed by atoms with Crippen molar-refractivity contribution in [1.82, 2.24) is 15.1 Å². The molecule has 0 spiro atoms. The van der Waals surface area contributed by atoms with Gasteiger partial charge in [-0.2, -0.15) is 5.10 Å². The Hall–Kier alpha value is -1.66. The number of aromatic nitrogens is 2. The summed E-state index contributed by atoms with van der Waals surface area (Å²) in [5, 5.41) is 8.88. The number of amides is 1. The number of morpholine rings is 1. The second-order valence-corrected chi connectivity index (χ2v) is 5.50. The number of ether oxygens (including phenoxy) is 1. The zero-order valence-electron chi connectivity index (χ0n) is 10.6. The maximum absolute atomic E-state index is 12.6. The highest BCUT2D eigenvalue weighted by Crippen LogP contribution is 2.26. The molecule has 0 aromatic carbocycles. The SMILES string of the molecule is Cc1csc(C(=O)N2CCOCC2c2ccn[nH]2)c1. The molecule has 2 aromatic heterocycles. The van der Waals surface area contributed by atoms with Crippen LogP contribution in [0.4, 0.5) is 0 Å². The Morgan fingerprint density at radius 1 is 1.63 bits per heavy atom. The van der Waals surface area contributed by atoms with E-state index in [-0.39, 0.29) is 11.9 Å². The molecule has 1 aliphatic heterocycles. The van der Waals surface area contributed by atoms with Crippen LogP contribution in [0.3, 0.4) is 0 Å². The summed E-state index contributed by atoms with van der Waals surface area (Å²) >= 11 is 1.49. The molecule has 3 rings (SSSR count). The van der Waals surface area contributed by atoms with E-state index in [0.717, 1.165) is 16.1 Å². The van der Waals surface area contributed by atoms with E-state index in [1.807, 2.05) is 29.3 Å². The van der Waals surface area contributed by atoms with E-state index < -0.39 is 0 Å². The molecule has 1 atom stereocenters. The molecule has 1 N–H and O–H groups in total. The van der Waals surface area contributed by atoms with Crippen molar-refractivity contribution in [1.29, 1.82) is 0 Å². The predicted octanol–water partition coefficient (Wildman–Crippen LogP) is 1.99. The lowest BCUT2D eigenvalue weighted by Crippen LogP contribution is -2.43. The van der Waals surface area contributed by atoms with Gasteiger partial charge in [-0.3, -0.25) is 9.89 Å². The third-order valence-electron chi connectivity index (χ3n) is 3.21. The molecule has 1 amide bonds. The summed E-state index contributed by atoms with van der Waals surface area (Å²) in [7, 11) is 0. The Kier molecular flexibility index (Phi) is 3.35. The van der Waals surface area contributed by atoms with Crippen molar-refractivity contribution >= 4 is 17.2 Å². The molecule has 1 unspecified atom stereocenters. The Morgan fingerprint density at radius 2 is 2.53 bits per heavy atom. The molecule has 0 radical (unpaired) electrons. The highest BCUT2D eigenvalue weighted by Gasteiger charge is 2.30. The van der Waals surface area contributed by atoms with E-state index in [1.165, 1.54) is 11.3 Å². The summed E-state index contributed by atoms with van der Waals surface area (Å²) in [5.41, 5.74) is 2.04. The van der Waals surface area contributed by atoms with Crippen molar-refractivity contribution in [2.75, 3.05) is 19.8 Å². The predicted molar refractivity (Wildman–Crippen MR) is 72.2 cm³/mol. The van der Waals surface area contributed by atoms with Crippen LogP contribution in [0.2, 0.25) is 0 Å². The van der Waals surface area contributed by atoms with Gasteiger partial charge >= 0.3 is 0 Å². The first kappa shape index (κ1) is 12.4. The van der Waals surface area contributed by atoms with Gasteiger partial charge in [0.1, 0.15) is 0 Å². The summed E-state index contributed by atoms with van der Waals surface area (Å²) in [6.07, 6.45) is 1.70. The van der Waals surface area contributed by atoms with E-state index in [9.17, 15) is 4.79 Å². The van der Waals surface area contributed by atoms with Crippen molar-refractivity contribution in [3.63, 3.8) is 0 Å². The highest BCUT2D eigenvalue weighted by atomic mass is 32.1. The second kappa shape index (κ2) is 5.14. The van der Waals surface area contributed by atoms with Crippen LogP contribution in [0.5, 0.6) is 0 Å². The number of nitrogens with one attached hydrogen (secondary N) is 1. The molecule has 0 bridgehead atoms. The van der Waals surface area contributed by atoms with Crippen molar-refractivity contribution in [2.24, 2.45) is 0 Å². The van der Waals surface area contributed by atoms with Crippen LogP contribution >= 0.6 is 11.3 Å². The van der Waals surface area contributed by atoms with Crippen molar-refractivity contribution in [3.05, 3.63) is 39.8 Å². The molecule has 1 aliphatic rings. The summed E-state index contributed by atoms with van der Waals surface area (Å²) in [6, 6.07) is 3.75. The summed E-state index contributed by atoms with van der Waals surface area (Å²) < 4.78 is 5.49. The average Bonchev–Trinajstić information content (AvgIpc) is 3.09. The maximum atomic E-state index is 12.6. The first-order chi connectivity index (χ1) is 9.25. The molecule has 0 aliphatic carbocycles. The molecule has 1 fully saturated rings. The van der Waals surface area contributed by atoms with Crippen molar-refractivity contribution < 1.29 is 9.53 Å². The molecule has 5 nitrogen and oxygen atoms in total. The number of hydrogen-bond donors (Lipinski definition) is 1. The molecule has 100 valence electrons. The normalized spacial score (nSPS) is 19.6. The minimum atomic E-state index is -0.0776. The van der Waals surface area contributed by atoms with Gasteiger partial charge in [-0.1, -0.05) is 0 Å². The summed E-state index contributed by atoms with van der Waals surface area (Å²) in [4.78, 5) is 15.2. The molecule has 19 heavy (non-hydrogen) atoms. The molecule has 2 aromatic rings.